The Kier molecular flexibility index (Phi) is 4.84. The smallest absolute Gasteiger partial charge is 0.423 e. The van der Waals surface area contributed by atoms with Crippen LogP contribution in [0.3, 0.4) is 0 Å². The van der Waals surface area contributed by atoms with E-state index in [4.69, 9.17) is 6.42 Å². The molecule has 4 nitrogen and oxygen atoms in total. The first-order chi connectivity index (χ1) is 9.54. The van der Waals surface area contributed by atoms with Gasteiger partial charge in [0.25, 0.3) is 0 Å². The third kappa shape index (κ3) is 3.05. The summed E-state index contributed by atoms with van der Waals surface area (Å²) in [5.74, 6) is 2.64. The number of hydrogen-bond acceptors (Lipinski definition) is 4. The Morgan fingerprint density at radius 2 is 1.95 bits per heavy atom. The first-order valence-electron chi connectivity index (χ1n) is 6.93. The zero-order valence-electron chi connectivity index (χ0n) is 12.1. The Bertz CT molecular complexity index is 532. The van der Waals surface area contributed by atoms with Gasteiger partial charge in [-0.1, -0.05) is 5.92 Å². The maximum Gasteiger partial charge on any atom is 0.489 e. The number of piperazine rings is 1. The summed E-state index contributed by atoms with van der Waals surface area (Å²) < 4.78 is 0. The van der Waals surface area contributed by atoms with Crippen LogP contribution >= 0.6 is 0 Å². The van der Waals surface area contributed by atoms with Crippen LogP contribution in [0.4, 0.5) is 0 Å². The van der Waals surface area contributed by atoms with Crippen LogP contribution in [0.15, 0.2) is 6.07 Å². The van der Waals surface area contributed by atoms with Crippen molar-refractivity contribution < 1.29 is 10.0 Å². The second-order valence-electron chi connectivity index (χ2n) is 5.29. The monoisotopic (exact) mass is 272 g/mol. The fourth-order valence-electron chi connectivity index (χ4n) is 2.80. The predicted octanol–water partition coefficient (Wildman–Crippen LogP) is -0.630. The normalized spacial score (nSPS) is 15.9. The lowest BCUT2D eigenvalue weighted by Gasteiger charge is -2.28. The SMILES string of the molecule is C#Cc1cc(CN2CCNCC2)c(C)c(B(O)O)c1C. The molecule has 1 aromatic rings. The van der Waals surface area contributed by atoms with Gasteiger partial charge in [0.2, 0.25) is 0 Å². The second-order valence-corrected chi connectivity index (χ2v) is 5.29. The minimum atomic E-state index is -1.48. The highest BCUT2D eigenvalue weighted by Crippen LogP contribution is 2.16. The minimum Gasteiger partial charge on any atom is -0.423 e. The molecule has 0 atom stereocenters. The van der Waals surface area contributed by atoms with E-state index in [9.17, 15) is 10.0 Å². The van der Waals surface area contributed by atoms with Crippen LogP contribution in [0.2, 0.25) is 0 Å². The van der Waals surface area contributed by atoms with E-state index in [0.29, 0.717) is 5.46 Å². The molecule has 0 spiro atoms. The van der Waals surface area contributed by atoms with E-state index in [1.165, 1.54) is 0 Å². The molecular formula is C15H21BN2O2. The van der Waals surface area contributed by atoms with E-state index in [1.54, 1.807) is 0 Å². The van der Waals surface area contributed by atoms with Gasteiger partial charge in [-0.15, -0.1) is 6.42 Å². The zero-order chi connectivity index (χ0) is 14.7. The van der Waals surface area contributed by atoms with Crippen molar-refractivity contribution in [2.45, 2.75) is 20.4 Å². The summed E-state index contributed by atoms with van der Waals surface area (Å²) in [5.41, 5.74) is 4.07. The van der Waals surface area contributed by atoms with Gasteiger partial charge >= 0.3 is 7.12 Å². The number of rotatable bonds is 3. The molecule has 0 aliphatic carbocycles. The summed E-state index contributed by atoms with van der Waals surface area (Å²) in [7, 11) is -1.48. The first kappa shape index (κ1) is 15.1. The van der Waals surface area contributed by atoms with E-state index < -0.39 is 7.12 Å². The summed E-state index contributed by atoms with van der Waals surface area (Å²) >= 11 is 0. The maximum atomic E-state index is 9.60. The standard InChI is InChI=1S/C15H21BN2O2/c1-4-13-9-14(10-18-7-5-17-6-8-18)12(3)15(11(13)2)16(19)20/h1,9,17,19-20H,5-8,10H2,2-3H3. The molecular weight excluding hydrogens is 251 g/mol. The molecule has 0 amide bonds. The Labute approximate surface area is 121 Å². The molecule has 20 heavy (non-hydrogen) atoms. The third-order valence-electron chi connectivity index (χ3n) is 4.03. The van der Waals surface area contributed by atoms with E-state index in [0.717, 1.165) is 55.0 Å². The Balaban J connectivity index is 2.37. The van der Waals surface area contributed by atoms with E-state index in [-0.39, 0.29) is 0 Å². The van der Waals surface area contributed by atoms with Crippen LogP contribution < -0.4 is 10.8 Å². The summed E-state index contributed by atoms with van der Waals surface area (Å²) in [6.07, 6.45) is 5.53. The van der Waals surface area contributed by atoms with Crippen LogP contribution in [-0.2, 0) is 6.54 Å². The van der Waals surface area contributed by atoms with Gasteiger partial charge in [-0.25, -0.2) is 0 Å². The van der Waals surface area contributed by atoms with Crippen LogP contribution in [0.5, 0.6) is 0 Å². The van der Waals surface area contributed by atoms with Gasteiger partial charge in [-0.2, -0.15) is 0 Å². The molecule has 1 heterocycles. The number of benzene rings is 1. The van der Waals surface area contributed by atoms with Gasteiger partial charge in [0, 0.05) is 38.3 Å². The quantitative estimate of drug-likeness (QED) is 0.506. The van der Waals surface area contributed by atoms with Gasteiger partial charge in [-0.05, 0) is 42.1 Å². The van der Waals surface area contributed by atoms with Crippen LogP contribution in [0.1, 0.15) is 22.3 Å². The molecule has 0 bridgehead atoms. The average Bonchev–Trinajstić information content (AvgIpc) is 2.43. The van der Waals surface area contributed by atoms with Gasteiger partial charge in [-0.3, -0.25) is 4.90 Å². The first-order valence-corrected chi connectivity index (χ1v) is 6.93. The molecule has 2 rings (SSSR count). The lowest BCUT2D eigenvalue weighted by Crippen LogP contribution is -2.43. The van der Waals surface area contributed by atoms with Crippen molar-refractivity contribution in [3.8, 4) is 12.3 Å². The summed E-state index contributed by atoms with van der Waals surface area (Å²) in [5, 5.41) is 22.5. The highest BCUT2D eigenvalue weighted by Gasteiger charge is 2.22. The largest absolute Gasteiger partial charge is 0.489 e. The number of terminal acetylenes is 1. The highest BCUT2D eigenvalue weighted by atomic mass is 16.4. The molecule has 0 unspecified atom stereocenters. The zero-order valence-corrected chi connectivity index (χ0v) is 12.1. The Morgan fingerprint density at radius 3 is 2.50 bits per heavy atom. The number of nitrogens with one attached hydrogen (secondary N) is 1. The molecule has 1 aliphatic heterocycles. The van der Waals surface area contributed by atoms with Gasteiger partial charge in [0.1, 0.15) is 0 Å². The van der Waals surface area contributed by atoms with Gasteiger partial charge in [0.05, 0.1) is 0 Å². The van der Waals surface area contributed by atoms with Gasteiger partial charge in [0.15, 0.2) is 0 Å². The summed E-state index contributed by atoms with van der Waals surface area (Å²) in [6.45, 7) is 8.53. The Morgan fingerprint density at radius 1 is 1.30 bits per heavy atom. The fraction of sp³-hybridized carbons (Fsp3) is 0.467. The lowest BCUT2D eigenvalue weighted by molar-refractivity contribution is 0.233. The molecule has 0 radical (unpaired) electrons. The topological polar surface area (TPSA) is 55.7 Å². The van der Waals surface area contributed by atoms with Crippen molar-refractivity contribution in [1.82, 2.24) is 10.2 Å². The fourth-order valence-corrected chi connectivity index (χ4v) is 2.80. The van der Waals surface area contributed by atoms with E-state index >= 15 is 0 Å². The van der Waals surface area contributed by atoms with Crippen molar-refractivity contribution in [2.75, 3.05) is 26.2 Å². The number of nitrogens with zero attached hydrogens (tertiary/aromatic N) is 1. The van der Waals surface area contributed by atoms with Crippen molar-refractivity contribution in [3.63, 3.8) is 0 Å². The van der Waals surface area contributed by atoms with Gasteiger partial charge < -0.3 is 15.4 Å². The molecule has 0 aromatic heterocycles. The third-order valence-corrected chi connectivity index (χ3v) is 4.03. The molecule has 1 aliphatic rings. The maximum absolute atomic E-state index is 9.60. The van der Waals surface area contributed by atoms with Crippen molar-refractivity contribution in [1.29, 1.82) is 0 Å². The molecule has 3 N–H and O–H groups in total. The van der Waals surface area contributed by atoms with E-state index in [2.05, 4.69) is 16.1 Å². The Hall–Kier alpha value is -1.32. The molecule has 0 saturated carbocycles. The van der Waals surface area contributed by atoms with Crippen molar-refractivity contribution in [2.24, 2.45) is 0 Å². The summed E-state index contributed by atoms with van der Waals surface area (Å²) in [6, 6.07) is 2.00. The number of hydrogen-bond donors (Lipinski definition) is 3. The highest BCUT2D eigenvalue weighted by molar-refractivity contribution is 6.59. The molecule has 1 saturated heterocycles. The van der Waals surface area contributed by atoms with Crippen molar-refractivity contribution >= 4 is 12.6 Å². The van der Waals surface area contributed by atoms with E-state index in [1.807, 2.05) is 19.9 Å². The van der Waals surface area contributed by atoms with Crippen LogP contribution in [0.25, 0.3) is 0 Å². The molecule has 1 fully saturated rings. The molecule has 1 aromatic carbocycles. The molecule has 106 valence electrons. The van der Waals surface area contributed by atoms with Crippen LogP contribution in [-0.4, -0.2) is 48.2 Å². The average molecular weight is 272 g/mol. The van der Waals surface area contributed by atoms with Crippen molar-refractivity contribution in [3.05, 3.63) is 28.3 Å². The predicted molar refractivity (Wildman–Crippen MR) is 81.8 cm³/mol. The minimum absolute atomic E-state index is 0.547. The lowest BCUT2D eigenvalue weighted by atomic mass is 9.72. The molecule has 5 heteroatoms. The van der Waals surface area contributed by atoms with Crippen LogP contribution in [0, 0.1) is 26.2 Å². The second kappa shape index (κ2) is 6.42. The summed E-state index contributed by atoms with van der Waals surface area (Å²) in [4.78, 5) is 2.35.